The maximum absolute atomic E-state index is 13.3. The molecule has 0 bridgehead atoms. The van der Waals surface area contributed by atoms with Gasteiger partial charge in [0.15, 0.2) is 5.82 Å². The molecular formula is C10H8BrF2N. The van der Waals surface area contributed by atoms with Crippen LogP contribution in [0.2, 0.25) is 0 Å². The van der Waals surface area contributed by atoms with Gasteiger partial charge in [-0.25, -0.2) is 8.78 Å². The quantitative estimate of drug-likeness (QED) is 0.500. The molecule has 0 spiro atoms. The second kappa shape index (κ2) is 4.97. The molecule has 0 radical (unpaired) electrons. The summed E-state index contributed by atoms with van der Waals surface area (Å²) in [6.45, 7) is 0.420. The molecule has 1 aromatic rings. The second-order valence-corrected chi connectivity index (χ2v) is 3.48. The Morgan fingerprint density at radius 1 is 1.43 bits per heavy atom. The number of rotatable bonds is 3. The lowest BCUT2D eigenvalue weighted by Crippen LogP contribution is -2.03. The topological polar surface area (TPSA) is 12.0 Å². The van der Waals surface area contributed by atoms with E-state index in [9.17, 15) is 8.78 Å². The zero-order chi connectivity index (χ0) is 10.6. The Hall–Kier alpha value is -1.08. The summed E-state index contributed by atoms with van der Waals surface area (Å²) < 4.78 is 26.2. The summed E-state index contributed by atoms with van der Waals surface area (Å²) in [5.74, 6) is 1.39. The highest BCUT2D eigenvalue weighted by Crippen LogP contribution is 2.24. The predicted octanol–water partition coefficient (Wildman–Crippen LogP) is 3.16. The first-order chi connectivity index (χ1) is 6.65. The van der Waals surface area contributed by atoms with E-state index < -0.39 is 11.6 Å². The minimum Gasteiger partial charge on any atom is -0.382 e. The molecule has 1 N–H and O–H groups in total. The van der Waals surface area contributed by atoms with Gasteiger partial charge in [0.25, 0.3) is 0 Å². The number of anilines is 1. The Labute approximate surface area is 89.6 Å². The van der Waals surface area contributed by atoms with Crippen molar-refractivity contribution in [3.05, 3.63) is 28.2 Å². The fourth-order valence-corrected chi connectivity index (χ4v) is 1.39. The monoisotopic (exact) mass is 259 g/mol. The molecule has 0 unspecified atom stereocenters. The van der Waals surface area contributed by atoms with Crippen molar-refractivity contribution >= 4 is 21.6 Å². The van der Waals surface area contributed by atoms with E-state index >= 15 is 0 Å². The Kier molecular flexibility index (Phi) is 3.90. The molecule has 1 aromatic carbocycles. The van der Waals surface area contributed by atoms with E-state index in [1.807, 2.05) is 0 Å². The summed E-state index contributed by atoms with van der Waals surface area (Å²) in [7, 11) is 0. The first-order valence-electron chi connectivity index (χ1n) is 3.97. The smallest absolute Gasteiger partial charge is 0.160 e. The number of hydrogen-bond acceptors (Lipinski definition) is 1. The van der Waals surface area contributed by atoms with Gasteiger partial charge in [0.05, 0.1) is 10.2 Å². The lowest BCUT2D eigenvalue weighted by Gasteiger charge is -2.06. The molecule has 0 amide bonds. The lowest BCUT2D eigenvalue weighted by atomic mass is 10.3. The standard InChI is InChI=1S/C10H8BrF2N/c1-2-3-4-14-9-6-7(12)5-8(11)10(9)13/h1,5-6,14H,3-4H2. The molecule has 0 atom stereocenters. The van der Waals surface area contributed by atoms with Gasteiger partial charge in [0.2, 0.25) is 0 Å². The average molecular weight is 260 g/mol. The molecule has 4 heteroatoms. The van der Waals surface area contributed by atoms with Crippen LogP contribution in [0.25, 0.3) is 0 Å². The van der Waals surface area contributed by atoms with E-state index in [1.54, 1.807) is 0 Å². The summed E-state index contributed by atoms with van der Waals surface area (Å²) >= 11 is 2.91. The molecule has 0 fully saturated rings. The van der Waals surface area contributed by atoms with Crippen LogP contribution in [0.5, 0.6) is 0 Å². The van der Waals surface area contributed by atoms with Crippen molar-refractivity contribution in [3.63, 3.8) is 0 Å². The molecule has 1 rings (SSSR count). The van der Waals surface area contributed by atoms with Gasteiger partial charge in [-0.15, -0.1) is 12.3 Å². The van der Waals surface area contributed by atoms with Gasteiger partial charge < -0.3 is 5.32 Å². The first-order valence-corrected chi connectivity index (χ1v) is 4.76. The average Bonchev–Trinajstić information content (AvgIpc) is 2.13. The van der Waals surface area contributed by atoms with E-state index in [0.717, 1.165) is 12.1 Å². The van der Waals surface area contributed by atoms with Crippen LogP contribution in [0.3, 0.4) is 0 Å². The van der Waals surface area contributed by atoms with Crippen molar-refractivity contribution < 1.29 is 8.78 Å². The van der Waals surface area contributed by atoms with Gasteiger partial charge in [0, 0.05) is 19.0 Å². The number of benzene rings is 1. The maximum atomic E-state index is 13.3. The van der Waals surface area contributed by atoms with Crippen molar-refractivity contribution in [2.24, 2.45) is 0 Å². The summed E-state index contributed by atoms with van der Waals surface area (Å²) in [5.41, 5.74) is 0.118. The van der Waals surface area contributed by atoms with E-state index in [2.05, 4.69) is 27.2 Å². The van der Waals surface area contributed by atoms with Gasteiger partial charge in [0.1, 0.15) is 5.82 Å². The largest absolute Gasteiger partial charge is 0.382 e. The third kappa shape index (κ3) is 2.71. The second-order valence-electron chi connectivity index (χ2n) is 2.63. The Morgan fingerprint density at radius 2 is 2.14 bits per heavy atom. The molecule has 14 heavy (non-hydrogen) atoms. The van der Waals surface area contributed by atoms with E-state index in [0.29, 0.717) is 13.0 Å². The molecule has 0 saturated carbocycles. The number of hydrogen-bond donors (Lipinski definition) is 1. The van der Waals surface area contributed by atoms with E-state index in [4.69, 9.17) is 6.42 Å². The summed E-state index contributed by atoms with van der Waals surface area (Å²) in [6, 6.07) is 2.16. The van der Waals surface area contributed by atoms with Crippen molar-refractivity contribution in [3.8, 4) is 12.3 Å². The van der Waals surface area contributed by atoms with Crippen molar-refractivity contribution in [2.75, 3.05) is 11.9 Å². The van der Waals surface area contributed by atoms with Crippen molar-refractivity contribution in [1.29, 1.82) is 0 Å². The molecular weight excluding hydrogens is 252 g/mol. The van der Waals surface area contributed by atoms with Crippen LogP contribution < -0.4 is 5.32 Å². The third-order valence-electron chi connectivity index (χ3n) is 1.58. The van der Waals surface area contributed by atoms with Crippen LogP contribution in [0.4, 0.5) is 14.5 Å². The third-order valence-corrected chi connectivity index (χ3v) is 2.15. The highest BCUT2D eigenvalue weighted by Gasteiger charge is 2.07. The van der Waals surface area contributed by atoms with E-state index in [1.165, 1.54) is 0 Å². The Bertz CT molecular complexity index is 371. The fourth-order valence-electron chi connectivity index (χ4n) is 0.954. The molecule has 0 heterocycles. The zero-order valence-electron chi connectivity index (χ0n) is 7.28. The van der Waals surface area contributed by atoms with Gasteiger partial charge in [-0.1, -0.05) is 0 Å². The lowest BCUT2D eigenvalue weighted by molar-refractivity contribution is 0.597. The number of halogens is 3. The molecule has 0 saturated heterocycles. The molecule has 0 aliphatic heterocycles. The van der Waals surface area contributed by atoms with Crippen LogP contribution in [0, 0.1) is 24.0 Å². The summed E-state index contributed by atoms with van der Waals surface area (Å²) in [6.07, 6.45) is 5.49. The van der Waals surface area contributed by atoms with Gasteiger partial charge in [-0.05, 0) is 22.0 Å². The van der Waals surface area contributed by atoms with Crippen LogP contribution in [0.1, 0.15) is 6.42 Å². The highest BCUT2D eigenvalue weighted by molar-refractivity contribution is 9.10. The van der Waals surface area contributed by atoms with Crippen LogP contribution in [0.15, 0.2) is 16.6 Å². The van der Waals surface area contributed by atoms with Gasteiger partial charge in [-0.3, -0.25) is 0 Å². The van der Waals surface area contributed by atoms with Gasteiger partial charge in [-0.2, -0.15) is 0 Å². The predicted molar refractivity (Wildman–Crippen MR) is 56.0 cm³/mol. The SMILES string of the molecule is C#CCCNc1cc(F)cc(Br)c1F. The summed E-state index contributed by atoms with van der Waals surface area (Å²) in [5, 5.41) is 2.71. The van der Waals surface area contributed by atoms with Crippen molar-refractivity contribution in [1.82, 2.24) is 0 Å². The normalized spacial score (nSPS) is 9.57. The molecule has 0 aliphatic carbocycles. The number of nitrogens with one attached hydrogen (secondary N) is 1. The molecule has 1 nitrogen and oxygen atoms in total. The van der Waals surface area contributed by atoms with Gasteiger partial charge >= 0.3 is 0 Å². The highest BCUT2D eigenvalue weighted by atomic mass is 79.9. The van der Waals surface area contributed by atoms with Crippen LogP contribution in [-0.2, 0) is 0 Å². The van der Waals surface area contributed by atoms with Crippen LogP contribution in [-0.4, -0.2) is 6.54 Å². The molecule has 0 aliphatic rings. The molecule has 74 valence electrons. The summed E-state index contributed by atoms with van der Waals surface area (Å²) in [4.78, 5) is 0. The van der Waals surface area contributed by atoms with E-state index in [-0.39, 0.29) is 10.2 Å². The fraction of sp³-hybridized carbons (Fsp3) is 0.200. The van der Waals surface area contributed by atoms with Crippen LogP contribution >= 0.6 is 15.9 Å². The minimum absolute atomic E-state index is 0.0979. The Morgan fingerprint density at radius 3 is 2.79 bits per heavy atom. The Balaban J connectivity index is 2.81. The molecule has 0 aromatic heterocycles. The van der Waals surface area contributed by atoms with Crippen molar-refractivity contribution in [2.45, 2.75) is 6.42 Å². The first kappa shape index (κ1) is 11.0. The zero-order valence-corrected chi connectivity index (χ0v) is 8.87. The number of terminal acetylenes is 1. The maximum Gasteiger partial charge on any atom is 0.160 e. The minimum atomic E-state index is -0.511.